The fourth-order valence-corrected chi connectivity index (χ4v) is 3.04. The van der Waals surface area contributed by atoms with Gasteiger partial charge in [-0.3, -0.25) is 4.79 Å². The molecule has 0 saturated carbocycles. The number of ether oxygens (including phenoxy) is 1. The third kappa shape index (κ3) is 3.45. The van der Waals surface area contributed by atoms with Crippen LogP contribution in [0.4, 0.5) is 4.39 Å². The zero-order valence-corrected chi connectivity index (χ0v) is 15.0. The zero-order chi connectivity index (χ0) is 18.9. The molecule has 1 N–H and O–H groups in total. The molecule has 0 radical (unpaired) electrons. The maximum absolute atomic E-state index is 13.2. The normalized spacial score (nSPS) is 19.3. The highest BCUT2D eigenvalue weighted by atomic mass is 35.5. The van der Waals surface area contributed by atoms with Crippen LogP contribution in [-0.2, 0) is 9.53 Å². The number of pyridine rings is 1. The van der Waals surface area contributed by atoms with Gasteiger partial charge in [-0.1, -0.05) is 30.7 Å². The van der Waals surface area contributed by atoms with Crippen LogP contribution in [-0.4, -0.2) is 28.5 Å². The monoisotopic (exact) mass is 377 g/mol. The van der Waals surface area contributed by atoms with E-state index in [1.807, 2.05) is 6.92 Å². The molecule has 2 heterocycles. The van der Waals surface area contributed by atoms with Crippen molar-refractivity contribution in [3.63, 3.8) is 0 Å². The average molecular weight is 378 g/mol. The van der Waals surface area contributed by atoms with Crippen LogP contribution < -0.4 is 10.8 Å². The Morgan fingerprint density at radius 2 is 2.04 bits per heavy atom. The quantitative estimate of drug-likeness (QED) is 0.808. The summed E-state index contributed by atoms with van der Waals surface area (Å²) in [5, 5.41) is 11.6. The molecule has 0 fully saturated rings. The van der Waals surface area contributed by atoms with Gasteiger partial charge in [0.25, 0.3) is 5.85 Å². The lowest BCUT2D eigenvalue weighted by molar-refractivity contribution is -0.145. The molecule has 0 aliphatic carbocycles. The Hall–Kier alpha value is -2.38. The molecule has 0 saturated heterocycles. The van der Waals surface area contributed by atoms with Gasteiger partial charge in [-0.05, 0) is 24.1 Å². The third-order valence-corrected chi connectivity index (χ3v) is 4.48. The van der Waals surface area contributed by atoms with Gasteiger partial charge in [0, 0.05) is 18.7 Å². The third-order valence-electron chi connectivity index (χ3n) is 4.20. The first-order valence-electron chi connectivity index (χ1n) is 8.10. The van der Waals surface area contributed by atoms with Crippen LogP contribution in [0.3, 0.4) is 0 Å². The van der Waals surface area contributed by atoms with E-state index in [4.69, 9.17) is 16.3 Å². The largest absolute Gasteiger partial charge is 0.465 e. The van der Waals surface area contributed by atoms with Crippen LogP contribution in [0.2, 0.25) is 5.02 Å². The molecule has 1 aromatic carbocycles. The summed E-state index contributed by atoms with van der Waals surface area (Å²) in [4.78, 5) is 23.8. The molecule has 1 aliphatic heterocycles. The summed E-state index contributed by atoms with van der Waals surface area (Å²) in [7, 11) is 0. The van der Waals surface area contributed by atoms with E-state index in [0.717, 1.165) is 0 Å². The molecule has 3 rings (SSSR count). The summed E-state index contributed by atoms with van der Waals surface area (Å²) >= 11 is 6.28. The van der Waals surface area contributed by atoms with E-state index in [2.05, 4.69) is 15.0 Å². The highest BCUT2D eigenvalue weighted by Crippen LogP contribution is 2.28. The van der Waals surface area contributed by atoms with Crippen molar-refractivity contribution in [3.05, 3.63) is 52.1 Å². The number of esters is 1. The minimum Gasteiger partial charge on any atom is -0.465 e. The summed E-state index contributed by atoms with van der Waals surface area (Å²) in [5.41, 5.74) is 1.38. The van der Waals surface area contributed by atoms with Crippen LogP contribution in [0, 0.1) is 11.7 Å². The molecule has 1 aliphatic rings. The molecular formula is C18H17ClFN3O3. The number of hydrogen-bond donors (Lipinski definition) is 1. The molecule has 8 heteroatoms. The Balaban J connectivity index is 2.10. The second-order valence-corrected chi connectivity index (χ2v) is 6.39. The molecule has 26 heavy (non-hydrogen) atoms. The SMILES string of the molecule is CCC(COC(C)=O)C1(O)N=c2ncc(Cl)c(-c3ccc(F)cc3)c2=N1. The Morgan fingerprint density at radius 3 is 2.65 bits per heavy atom. The van der Waals surface area contributed by atoms with Gasteiger partial charge < -0.3 is 9.84 Å². The minimum atomic E-state index is -1.81. The maximum Gasteiger partial charge on any atom is 0.302 e. The number of aromatic nitrogens is 1. The second kappa shape index (κ2) is 7.09. The first-order valence-corrected chi connectivity index (χ1v) is 8.48. The average Bonchev–Trinajstić information content (AvgIpc) is 2.93. The summed E-state index contributed by atoms with van der Waals surface area (Å²) in [5.74, 6) is -3.17. The molecule has 0 bridgehead atoms. The molecule has 1 aromatic heterocycles. The van der Waals surface area contributed by atoms with Crippen molar-refractivity contribution in [2.75, 3.05) is 6.61 Å². The van der Waals surface area contributed by atoms with E-state index in [9.17, 15) is 14.3 Å². The van der Waals surface area contributed by atoms with Crippen molar-refractivity contribution in [1.29, 1.82) is 0 Å². The van der Waals surface area contributed by atoms with Crippen molar-refractivity contribution < 1.29 is 19.0 Å². The number of fused-ring (bicyclic) bond motifs is 1. The van der Waals surface area contributed by atoms with Crippen LogP contribution in [0.25, 0.3) is 11.1 Å². The lowest BCUT2D eigenvalue weighted by Gasteiger charge is -2.25. The van der Waals surface area contributed by atoms with E-state index in [1.165, 1.54) is 25.3 Å². The second-order valence-electron chi connectivity index (χ2n) is 5.98. The van der Waals surface area contributed by atoms with Crippen LogP contribution in [0.1, 0.15) is 20.3 Å². The molecule has 136 valence electrons. The Labute approximate surface area is 154 Å². The number of hydrogen-bond acceptors (Lipinski definition) is 6. The topological polar surface area (TPSA) is 84.1 Å². The van der Waals surface area contributed by atoms with E-state index in [-0.39, 0.29) is 17.9 Å². The molecule has 0 spiro atoms. The van der Waals surface area contributed by atoms with Crippen LogP contribution >= 0.6 is 11.6 Å². The predicted molar refractivity (Wildman–Crippen MR) is 92.3 cm³/mol. The molecule has 2 aromatic rings. The highest BCUT2D eigenvalue weighted by molar-refractivity contribution is 6.33. The van der Waals surface area contributed by atoms with Crippen LogP contribution in [0.15, 0.2) is 40.4 Å². The van der Waals surface area contributed by atoms with E-state index in [1.54, 1.807) is 12.1 Å². The Bertz CT molecular complexity index is 965. The number of nitrogens with zero attached hydrogens (tertiary/aromatic N) is 3. The fraction of sp³-hybridized carbons (Fsp3) is 0.333. The minimum absolute atomic E-state index is 0.0249. The van der Waals surface area contributed by atoms with Crippen molar-refractivity contribution in [3.8, 4) is 11.1 Å². The summed E-state index contributed by atoms with van der Waals surface area (Å²) in [6, 6.07) is 5.76. The van der Waals surface area contributed by atoms with E-state index in [0.29, 0.717) is 27.9 Å². The molecule has 0 amide bonds. The number of aliphatic hydroxyl groups is 1. The fourth-order valence-electron chi connectivity index (χ4n) is 2.80. The lowest BCUT2D eigenvalue weighted by atomic mass is 10.0. The first kappa shape index (κ1) is 18.4. The number of halogens is 2. The van der Waals surface area contributed by atoms with E-state index < -0.39 is 17.7 Å². The van der Waals surface area contributed by atoms with Crippen molar-refractivity contribution in [2.24, 2.45) is 15.9 Å². The van der Waals surface area contributed by atoms with Gasteiger partial charge in [-0.2, -0.15) is 0 Å². The molecular weight excluding hydrogens is 361 g/mol. The zero-order valence-electron chi connectivity index (χ0n) is 14.2. The van der Waals surface area contributed by atoms with Gasteiger partial charge >= 0.3 is 5.97 Å². The smallest absolute Gasteiger partial charge is 0.302 e. The lowest BCUT2D eigenvalue weighted by Crippen LogP contribution is -2.36. The summed E-state index contributed by atoms with van der Waals surface area (Å²) < 4.78 is 18.2. The van der Waals surface area contributed by atoms with Crippen molar-refractivity contribution in [1.82, 2.24) is 4.98 Å². The van der Waals surface area contributed by atoms with Gasteiger partial charge in [0.2, 0.25) is 0 Å². The first-order chi connectivity index (χ1) is 12.3. The van der Waals surface area contributed by atoms with Crippen LogP contribution in [0.5, 0.6) is 0 Å². The maximum atomic E-state index is 13.2. The van der Waals surface area contributed by atoms with Gasteiger partial charge in [-0.15, -0.1) is 0 Å². The van der Waals surface area contributed by atoms with Crippen molar-refractivity contribution in [2.45, 2.75) is 26.1 Å². The molecule has 2 unspecified atom stereocenters. The summed E-state index contributed by atoms with van der Waals surface area (Å²) in [6.45, 7) is 3.10. The Morgan fingerprint density at radius 1 is 1.35 bits per heavy atom. The van der Waals surface area contributed by atoms with Gasteiger partial charge in [0.05, 0.1) is 10.9 Å². The number of rotatable bonds is 5. The highest BCUT2D eigenvalue weighted by Gasteiger charge is 2.39. The number of carbonyl (C=O) groups is 1. The van der Waals surface area contributed by atoms with Gasteiger partial charge in [0.1, 0.15) is 17.8 Å². The number of carbonyl (C=O) groups excluding carboxylic acids is 1. The van der Waals surface area contributed by atoms with E-state index >= 15 is 0 Å². The van der Waals surface area contributed by atoms with Gasteiger partial charge in [-0.25, -0.2) is 19.4 Å². The summed E-state index contributed by atoms with van der Waals surface area (Å²) in [6.07, 6.45) is 1.89. The van der Waals surface area contributed by atoms with Crippen molar-refractivity contribution >= 4 is 17.6 Å². The molecule has 2 atom stereocenters. The number of benzene rings is 1. The standard InChI is InChI=1S/C18H17ClFN3O3/c1-3-12(9-26-10(2)24)18(25)22-16-15(11-4-6-13(20)7-5-11)14(19)8-21-17(16)23-18/h4-8,12,25H,3,9H2,1-2H3. The predicted octanol–water partition coefficient (Wildman–Crippen LogP) is 2.03. The Kier molecular flexibility index (Phi) is 5.02. The molecule has 6 nitrogen and oxygen atoms in total. The van der Waals surface area contributed by atoms with Gasteiger partial charge in [0.15, 0.2) is 5.49 Å².